The summed E-state index contributed by atoms with van der Waals surface area (Å²) < 4.78 is 39.3. The largest absolute Gasteiger partial charge is 0.395 e. The molecule has 1 saturated carbocycles. The zero-order valence-electron chi connectivity index (χ0n) is 17.3. The minimum Gasteiger partial charge on any atom is -0.395 e. The molecule has 0 radical (unpaired) electrons. The molecule has 3 aromatic rings. The van der Waals surface area contributed by atoms with Crippen LogP contribution in [0.5, 0.6) is 0 Å². The number of halogens is 1. The standard InChI is InChI=1S/C21H21FN4O5S2/c22-17-6-2-13(10-23-17)12-1-5-15-16(9-12)32-21(26-15)19(33(30,31)8-7-27)20(29)24-11-18(28)25-14-3-4-14/h1-2,5-6,9-10,14,19,27H,3-4,7-8,11H2,(H,24,29)(H,25,28). The molecule has 1 aliphatic carbocycles. The van der Waals surface area contributed by atoms with Gasteiger partial charge in [0.05, 0.1) is 29.1 Å². The van der Waals surface area contributed by atoms with Gasteiger partial charge in [-0.25, -0.2) is 18.4 Å². The van der Waals surface area contributed by atoms with Crippen LogP contribution in [0.1, 0.15) is 23.1 Å². The van der Waals surface area contributed by atoms with Gasteiger partial charge in [0, 0.05) is 17.8 Å². The molecule has 0 spiro atoms. The zero-order valence-corrected chi connectivity index (χ0v) is 19.0. The molecule has 1 fully saturated rings. The number of amides is 2. The second-order valence-corrected chi connectivity index (χ2v) is 10.9. The van der Waals surface area contributed by atoms with E-state index in [-0.39, 0.29) is 17.6 Å². The van der Waals surface area contributed by atoms with Gasteiger partial charge in [-0.3, -0.25) is 9.59 Å². The maximum Gasteiger partial charge on any atom is 0.245 e. The van der Waals surface area contributed by atoms with Crippen molar-refractivity contribution in [2.24, 2.45) is 0 Å². The number of pyridine rings is 1. The number of aromatic nitrogens is 2. The number of carbonyl (C=O) groups is 2. The number of nitrogens with zero attached hydrogens (tertiary/aromatic N) is 2. The van der Waals surface area contributed by atoms with Crippen molar-refractivity contribution >= 4 is 43.2 Å². The molecular formula is C21H21FN4O5S2. The van der Waals surface area contributed by atoms with Crippen LogP contribution in [0.4, 0.5) is 4.39 Å². The van der Waals surface area contributed by atoms with E-state index in [1.54, 1.807) is 24.3 Å². The molecule has 33 heavy (non-hydrogen) atoms. The molecule has 1 atom stereocenters. The van der Waals surface area contributed by atoms with Gasteiger partial charge in [-0.05, 0) is 42.7 Å². The third-order valence-corrected chi connectivity index (χ3v) is 8.17. The molecule has 174 valence electrons. The van der Waals surface area contributed by atoms with Crippen molar-refractivity contribution in [2.75, 3.05) is 18.9 Å². The van der Waals surface area contributed by atoms with Crippen molar-refractivity contribution in [3.05, 3.63) is 47.5 Å². The van der Waals surface area contributed by atoms with Crippen LogP contribution in [0.25, 0.3) is 21.3 Å². The van der Waals surface area contributed by atoms with E-state index in [9.17, 15) is 27.5 Å². The number of rotatable bonds is 9. The van der Waals surface area contributed by atoms with Crippen molar-refractivity contribution in [2.45, 2.75) is 24.1 Å². The van der Waals surface area contributed by atoms with E-state index < -0.39 is 45.2 Å². The number of hydrogen-bond acceptors (Lipinski definition) is 8. The van der Waals surface area contributed by atoms with Gasteiger partial charge in [-0.2, -0.15) is 4.39 Å². The molecule has 0 saturated heterocycles. The van der Waals surface area contributed by atoms with E-state index in [2.05, 4.69) is 20.6 Å². The van der Waals surface area contributed by atoms with Crippen LogP contribution >= 0.6 is 11.3 Å². The topological polar surface area (TPSA) is 138 Å². The lowest BCUT2D eigenvalue weighted by Gasteiger charge is -2.15. The van der Waals surface area contributed by atoms with E-state index in [1.165, 1.54) is 12.3 Å². The van der Waals surface area contributed by atoms with Crippen LogP contribution in [0, 0.1) is 5.95 Å². The Balaban J connectivity index is 1.62. The summed E-state index contributed by atoms with van der Waals surface area (Å²) >= 11 is 1.03. The first kappa shape index (κ1) is 23.2. The maximum absolute atomic E-state index is 13.1. The number of hydrogen-bond donors (Lipinski definition) is 3. The summed E-state index contributed by atoms with van der Waals surface area (Å²) in [5, 5.41) is 12.7. The van der Waals surface area contributed by atoms with Crippen LogP contribution < -0.4 is 10.6 Å². The van der Waals surface area contributed by atoms with Crippen molar-refractivity contribution in [3.8, 4) is 11.1 Å². The number of carbonyl (C=O) groups excluding carboxylic acids is 2. The maximum atomic E-state index is 13.1. The second-order valence-electron chi connectivity index (χ2n) is 7.63. The monoisotopic (exact) mass is 492 g/mol. The summed E-state index contributed by atoms with van der Waals surface area (Å²) in [6, 6.07) is 8.07. The van der Waals surface area contributed by atoms with Gasteiger partial charge < -0.3 is 15.7 Å². The zero-order chi connectivity index (χ0) is 23.6. The second kappa shape index (κ2) is 9.49. The van der Waals surface area contributed by atoms with Crippen LogP contribution in [0.2, 0.25) is 0 Å². The average Bonchev–Trinajstić information content (AvgIpc) is 3.48. The van der Waals surface area contributed by atoms with E-state index in [0.717, 1.165) is 29.7 Å². The Hall–Kier alpha value is -2.96. The summed E-state index contributed by atoms with van der Waals surface area (Å²) in [6.07, 6.45) is 3.15. The number of benzene rings is 1. The molecule has 3 N–H and O–H groups in total. The quantitative estimate of drug-likeness (QED) is 0.383. The summed E-state index contributed by atoms with van der Waals surface area (Å²) in [5.41, 5.74) is 1.87. The number of fused-ring (bicyclic) bond motifs is 1. The van der Waals surface area contributed by atoms with E-state index >= 15 is 0 Å². The Morgan fingerprint density at radius 1 is 1.21 bits per heavy atom. The van der Waals surface area contributed by atoms with Crippen LogP contribution in [-0.4, -0.2) is 60.3 Å². The summed E-state index contributed by atoms with van der Waals surface area (Å²) in [6.45, 7) is -1.01. The normalized spacial score (nSPS) is 14.7. The Kier molecular flexibility index (Phi) is 6.68. The molecule has 1 aliphatic rings. The summed E-state index contributed by atoms with van der Waals surface area (Å²) in [4.78, 5) is 32.7. The van der Waals surface area contributed by atoms with Crippen LogP contribution in [-0.2, 0) is 19.4 Å². The number of aliphatic hydroxyl groups is 1. The first-order valence-corrected chi connectivity index (χ1v) is 12.7. The lowest BCUT2D eigenvalue weighted by molar-refractivity contribution is -0.126. The van der Waals surface area contributed by atoms with Gasteiger partial charge in [-0.1, -0.05) is 6.07 Å². The number of thiazole rings is 1. The van der Waals surface area contributed by atoms with E-state index in [1.807, 2.05) is 0 Å². The predicted octanol–water partition coefficient (Wildman–Crippen LogP) is 1.34. The average molecular weight is 493 g/mol. The molecule has 12 heteroatoms. The van der Waals surface area contributed by atoms with Crippen molar-refractivity contribution in [1.82, 2.24) is 20.6 Å². The highest BCUT2D eigenvalue weighted by Gasteiger charge is 2.37. The lowest BCUT2D eigenvalue weighted by atomic mass is 10.1. The molecule has 2 amide bonds. The smallest absolute Gasteiger partial charge is 0.245 e. The summed E-state index contributed by atoms with van der Waals surface area (Å²) in [7, 11) is -4.10. The van der Waals surface area contributed by atoms with E-state index in [0.29, 0.717) is 15.8 Å². The van der Waals surface area contributed by atoms with E-state index in [4.69, 9.17) is 0 Å². The Bertz CT molecular complexity index is 1290. The van der Waals surface area contributed by atoms with Gasteiger partial charge in [0.25, 0.3) is 0 Å². The lowest BCUT2D eigenvalue weighted by Crippen LogP contribution is -2.41. The van der Waals surface area contributed by atoms with Gasteiger partial charge >= 0.3 is 0 Å². The molecule has 2 aromatic heterocycles. The molecule has 1 unspecified atom stereocenters. The minimum absolute atomic E-state index is 0.0351. The fourth-order valence-corrected chi connectivity index (χ4v) is 6.05. The highest BCUT2D eigenvalue weighted by molar-refractivity contribution is 7.92. The molecule has 0 bridgehead atoms. The molecule has 9 nitrogen and oxygen atoms in total. The third-order valence-electron chi connectivity index (χ3n) is 5.03. The van der Waals surface area contributed by atoms with Crippen LogP contribution in [0.15, 0.2) is 36.5 Å². The van der Waals surface area contributed by atoms with Crippen molar-refractivity contribution in [1.29, 1.82) is 0 Å². The molecule has 2 heterocycles. The molecule has 4 rings (SSSR count). The molecule has 0 aliphatic heterocycles. The van der Waals surface area contributed by atoms with Gasteiger partial charge in [-0.15, -0.1) is 11.3 Å². The third kappa shape index (κ3) is 5.52. The first-order valence-electron chi connectivity index (χ1n) is 10.2. The molecule has 1 aromatic carbocycles. The number of aliphatic hydroxyl groups excluding tert-OH is 1. The fourth-order valence-electron chi connectivity index (χ4n) is 3.22. The number of nitrogens with one attached hydrogen (secondary N) is 2. The van der Waals surface area contributed by atoms with Gasteiger partial charge in [0.15, 0.2) is 15.1 Å². The summed E-state index contributed by atoms with van der Waals surface area (Å²) in [5.74, 6) is -2.50. The van der Waals surface area contributed by atoms with Crippen molar-refractivity contribution in [3.63, 3.8) is 0 Å². The predicted molar refractivity (Wildman–Crippen MR) is 121 cm³/mol. The van der Waals surface area contributed by atoms with Crippen LogP contribution in [0.3, 0.4) is 0 Å². The number of sulfone groups is 1. The minimum atomic E-state index is -4.10. The first-order chi connectivity index (χ1) is 15.8. The van der Waals surface area contributed by atoms with Gasteiger partial charge in [0.2, 0.25) is 17.8 Å². The highest BCUT2D eigenvalue weighted by Crippen LogP contribution is 2.34. The Labute approximate surface area is 193 Å². The highest BCUT2D eigenvalue weighted by atomic mass is 32.2. The van der Waals surface area contributed by atoms with Crippen molar-refractivity contribution < 1.29 is 27.5 Å². The Morgan fingerprint density at radius 3 is 2.64 bits per heavy atom. The fraction of sp³-hybridized carbons (Fsp3) is 0.333. The Morgan fingerprint density at radius 2 is 1.97 bits per heavy atom. The SMILES string of the molecule is O=C(CNC(=O)C(c1nc2ccc(-c3ccc(F)nc3)cc2s1)S(=O)(=O)CCO)NC1CC1. The molecular weight excluding hydrogens is 471 g/mol. The van der Waals surface area contributed by atoms with Gasteiger partial charge in [0.1, 0.15) is 5.01 Å².